The first-order chi connectivity index (χ1) is 13.3. The van der Waals surface area contributed by atoms with Gasteiger partial charge in [0.2, 0.25) is 0 Å². The van der Waals surface area contributed by atoms with Gasteiger partial charge < -0.3 is 10.1 Å². The minimum atomic E-state index is -4.37. The van der Waals surface area contributed by atoms with Crippen LogP contribution in [0.4, 0.5) is 13.2 Å². The quantitative estimate of drug-likeness (QED) is 0.643. The molecule has 0 radical (unpaired) electrons. The lowest BCUT2D eigenvalue weighted by atomic mass is 10.1. The van der Waals surface area contributed by atoms with Crippen molar-refractivity contribution >= 4 is 17.2 Å². The molecule has 8 heteroatoms. The van der Waals surface area contributed by atoms with E-state index in [-0.39, 0.29) is 12.5 Å². The van der Waals surface area contributed by atoms with E-state index in [1.54, 1.807) is 38.3 Å². The second kappa shape index (κ2) is 8.02. The molecule has 0 saturated carbocycles. The number of aryl methyl sites for hydroxylation is 1. The van der Waals surface area contributed by atoms with Gasteiger partial charge in [0.1, 0.15) is 10.8 Å². The third-order valence-electron chi connectivity index (χ3n) is 4.11. The summed E-state index contributed by atoms with van der Waals surface area (Å²) in [5.74, 6) is 0.433. The normalized spacial score (nSPS) is 11.3. The summed E-state index contributed by atoms with van der Waals surface area (Å²) in [4.78, 5) is 17.5. The van der Waals surface area contributed by atoms with Crippen molar-refractivity contribution in [1.29, 1.82) is 0 Å². The number of ether oxygens (including phenoxy) is 1. The molecule has 3 aromatic rings. The molecule has 0 aliphatic carbocycles. The molecule has 1 aromatic heterocycles. The van der Waals surface area contributed by atoms with Gasteiger partial charge >= 0.3 is 6.18 Å². The number of aromatic nitrogens is 1. The van der Waals surface area contributed by atoms with E-state index >= 15 is 0 Å². The molecule has 0 aliphatic heterocycles. The molecule has 2 aromatic carbocycles. The third kappa shape index (κ3) is 4.51. The number of hydrogen-bond donors (Lipinski definition) is 1. The van der Waals surface area contributed by atoms with Crippen molar-refractivity contribution in [3.05, 3.63) is 70.2 Å². The molecule has 3 rings (SSSR count). The predicted octanol–water partition coefficient (Wildman–Crippen LogP) is 5.08. The number of nitrogens with one attached hydrogen (secondary N) is 1. The number of thiazole rings is 1. The van der Waals surface area contributed by atoms with Crippen molar-refractivity contribution in [2.24, 2.45) is 0 Å². The summed E-state index contributed by atoms with van der Waals surface area (Å²) in [6.07, 6.45) is -4.37. The van der Waals surface area contributed by atoms with Gasteiger partial charge in [-0.1, -0.05) is 12.1 Å². The van der Waals surface area contributed by atoms with Crippen LogP contribution in [0.25, 0.3) is 10.6 Å². The number of rotatable bonds is 5. The van der Waals surface area contributed by atoms with E-state index in [1.807, 2.05) is 0 Å². The molecule has 0 unspecified atom stereocenters. The van der Waals surface area contributed by atoms with E-state index in [1.165, 1.54) is 23.5 Å². The summed E-state index contributed by atoms with van der Waals surface area (Å²) >= 11 is 1.34. The fourth-order valence-corrected chi connectivity index (χ4v) is 3.53. The lowest BCUT2D eigenvalue weighted by molar-refractivity contribution is -0.137. The average Bonchev–Trinajstić information content (AvgIpc) is 3.06. The lowest BCUT2D eigenvalue weighted by Crippen LogP contribution is -2.22. The number of alkyl halides is 3. The van der Waals surface area contributed by atoms with Gasteiger partial charge in [0, 0.05) is 16.0 Å². The lowest BCUT2D eigenvalue weighted by Gasteiger charge is -2.06. The first-order valence-electron chi connectivity index (χ1n) is 8.34. The maximum absolute atomic E-state index is 12.7. The van der Waals surface area contributed by atoms with Gasteiger partial charge in [-0.3, -0.25) is 4.79 Å². The summed E-state index contributed by atoms with van der Waals surface area (Å²) in [6, 6.07) is 11.6. The molecule has 1 heterocycles. The van der Waals surface area contributed by atoms with Crippen molar-refractivity contribution in [1.82, 2.24) is 10.3 Å². The molecule has 1 amide bonds. The fourth-order valence-electron chi connectivity index (χ4n) is 2.52. The maximum atomic E-state index is 12.7. The van der Waals surface area contributed by atoms with Crippen molar-refractivity contribution in [3.63, 3.8) is 0 Å². The molecular weight excluding hydrogens is 389 g/mol. The van der Waals surface area contributed by atoms with Gasteiger partial charge in [-0.15, -0.1) is 11.3 Å². The Kier molecular flexibility index (Phi) is 5.69. The monoisotopic (exact) mass is 406 g/mol. The summed E-state index contributed by atoms with van der Waals surface area (Å²) in [5, 5.41) is 3.44. The Labute approximate surface area is 164 Å². The van der Waals surface area contributed by atoms with Crippen LogP contribution in [0.2, 0.25) is 0 Å². The molecular formula is C20H17F3N2O2S. The molecule has 146 valence electrons. The van der Waals surface area contributed by atoms with Crippen molar-refractivity contribution < 1.29 is 22.7 Å². The van der Waals surface area contributed by atoms with Crippen LogP contribution in [0.1, 0.15) is 26.5 Å². The number of methoxy groups -OCH3 is 1. The van der Waals surface area contributed by atoms with Gasteiger partial charge in [-0.2, -0.15) is 13.2 Å². The number of hydrogen-bond acceptors (Lipinski definition) is 4. The summed E-state index contributed by atoms with van der Waals surface area (Å²) in [7, 11) is 1.55. The van der Waals surface area contributed by atoms with Gasteiger partial charge in [0.15, 0.2) is 0 Å². The smallest absolute Gasteiger partial charge is 0.416 e. The van der Waals surface area contributed by atoms with E-state index in [9.17, 15) is 18.0 Å². The molecule has 0 bridgehead atoms. The Balaban J connectivity index is 1.69. The molecule has 0 fully saturated rings. The molecule has 0 atom stereocenters. The van der Waals surface area contributed by atoms with Crippen LogP contribution in [-0.2, 0) is 12.7 Å². The van der Waals surface area contributed by atoms with E-state index in [0.717, 1.165) is 22.7 Å². The highest BCUT2D eigenvalue weighted by molar-refractivity contribution is 7.15. The number of amides is 1. The summed E-state index contributed by atoms with van der Waals surface area (Å²) in [5.41, 5.74) is 1.14. The second-order valence-electron chi connectivity index (χ2n) is 6.01. The zero-order chi connectivity index (χ0) is 20.3. The third-order valence-corrected chi connectivity index (χ3v) is 5.32. The van der Waals surface area contributed by atoms with Crippen LogP contribution in [0.5, 0.6) is 5.75 Å². The Bertz CT molecular complexity index is 965. The first kappa shape index (κ1) is 19.9. The van der Waals surface area contributed by atoms with Crippen molar-refractivity contribution in [2.75, 3.05) is 7.11 Å². The number of benzene rings is 2. The summed E-state index contributed by atoms with van der Waals surface area (Å²) in [6.45, 7) is 2.09. The fraction of sp³-hybridized carbons (Fsp3) is 0.200. The Morgan fingerprint density at radius 3 is 2.32 bits per heavy atom. The van der Waals surface area contributed by atoms with Crippen LogP contribution < -0.4 is 10.1 Å². The van der Waals surface area contributed by atoms with Gasteiger partial charge in [0.05, 0.1) is 24.9 Å². The van der Waals surface area contributed by atoms with Gasteiger partial charge in [0.25, 0.3) is 5.91 Å². The molecule has 28 heavy (non-hydrogen) atoms. The highest BCUT2D eigenvalue weighted by atomic mass is 32.1. The van der Waals surface area contributed by atoms with E-state index < -0.39 is 11.7 Å². The Morgan fingerprint density at radius 1 is 1.11 bits per heavy atom. The van der Waals surface area contributed by atoms with Crippen LogP contribution >= 0.6 is 11.3 Å². The topological polar surface area (TPSA) is 51.2 Å². The molecule has 0 spiro atoms. The van der Waals surface area contributed by atoms with Gasteiger partial charge in [-0.05, 0) is 43.3 Å². The van der Waals surface area contributed by atoms with Crippen LogP contribution in [0.3, 0.4) is 0 Å². The molecule has 1 N–H and O–H groups in total. The minimum absolute atomic E-state index is 0.230. The predicted molar refractivity (Wildman–Crippen MR) is 101 cm³/mol. The van der Waals surface area contributed by atoms with E-state index in [2.05, 4.69) is 10.3 Å². The SMILES string of the molecule is COc1ccc(C(=O)NCc2sc(-c3ccc(C(F)(F)F)cc3)nc2C)cc1. The van der Waals surface area contributed by atoms with Gasteiger partial charge in [-0.25, -0.2) is 4.98 Å². The maximum Gasteiger partial charge on any atom is 0.416 e. The van der Waals surface area contributed by atoms with E-state index in [0.29, 0.717) is 21.9 Å². The number of nitrogens with zero attached hydrogens (tertiary/aromatic N) is 1. The molecule has 0 saturated heterocycles. The zero-order valence-corrected chi connectivity index (χ0v) is 15.9. The zero-order valence-electron chi connectivity index (χ0n) is 15.1. The van der Waals surface area contributed by atoms with Crippen molar-refractivity contribution in [2.45, 2.75) is 19.6 Å². The molecule has 4 nitrogen and oxygen atoms in total. The van der Waals surface area contributed by atoms with Crippen LogP contribution in [0, 0.1) is 6.92 Å². The average molecular weight is 406 g/mol. The second-order valence-corrected chi connectivity index (χ2v) is 7.10. The number of halogens is 3. The number of carbonyl (C=O) groups is 1. The van der Waals surface area contributed by atoms with Crippen molar-refractivity contribution in [3.8, 4) is 16.3 Å². The first-order valence-corrected chi connectivity index (χ1v) is 9.16. The molecule has 0 aliphatic rings. The standard InChI is InChI=1S/C20H17F3N2O2S/c1-12-17(11-24-18(26)13-5-9-16(27-2)10-6-13)28-19(25-12)14-3-7-15(8-4-14)20(21,22)23/h3-10H,11H2,1-2H3,(H,24,26). The highest BCUT2D eigenvalue weighted by Crippen LogP contribution is 2.33. The Hall–Kier alpha value is -2.87. The summed E-state index contributed by atoms with van der Waals surface area (Å²) < 4.78 is 43.1. The Morgan fingerprint density at radius 2 is 1.75 bits per heavy atom. The number of carbonyl (C=O) groups excluding carboxylic acids is 1. The van der Waals surface area contributed by atoms with Crippen LogP contribution in [-0.4, -0.2) is 18.0 Å². The van der Waals surface area contributed by atoms with E-state index in [4.69, 9.17) is 4.74 Å². The van der Waals surface area contributed by atoms with Crippen LogP contribution in [0.15, 0.2) is 48.5 Å². The highest BCUT2D eigenvalue weighted by Gasteiger charge is 2.30. The largest absolute Gasteiger partial charge is 0.497 e. The minimum Gasteiger partial charge on any atom is -0.497 e.